The standard InChI is InChI=1S/C22H23FN4O2S/c1-2-3-13-27(21(29)17-10-7-11-18(23)15-17)14-12-19(28)24-22-26-25-20(30-22)16-8-5-4-6-9-16/h4-11,15H,2-3,12-14H2,1H3,(H,24,26,28). The lowest BCUT2D eigenvalue weighted by Crippen LogP contribution is -2.34. The second-order valence-electron chi connectivity index (χ2n) is 6.73. The molecule has 0 bridgehead atoms. The number of carbonyl (C=O) groups is 2. The van der Waals surface area contributed by atoms with Gasteiger partial charge in [-0.3, -0.25) is 9.59 Å². The van der Waals surface area contributed by atoms with E-state index < -0.39 is 5.82 Å². The number of rotatable bonds is 9. The zero-order valence-electron chi connectivity index (χ0n) is 16.7. The maximum atomic E-state index is 13.5. The lowest BCUT2D eigenvalue weighted by molar-refractivity contribution is -0.116. The number of nitrogens with zero attached hydrogens (tertiary/aromatic N) is 3. The van der Waals surface area contributed by atoms with Crippen LogP contribution in [-0.4, -0.2) is 40.0 Å². The average Bonchev–Trinajstić information content (AvgIpc) is 3.22. The Hall–Kier alpha value is -3.13. The molecule has 3 aromatic rings. The smallest absolute Gasteiger partial charge is 0.253 e. The summed E-state index contributed by atoms with van der Waals surface area (Å²) in [5.74, 6) is -0.989. The molecule has 0 radical (unpaired) electrons. The van der Waals surface area contributed by atoms with E-state index in [4.69, 9.17) is 0 Å². The van der Waals surface area contributed by atoms with E-state index in [2.05, 4.69) is 15.5 Å². The minimum Gasteiger partial charge on any atom is -0.338 e. The summed E-state index contributed by atoms with van der Waals surface area (Å²) >= 11 is 1.29. The van der Waals surface area contributed by atoms with E-state index in [9.17, 15) is 14.0 Å². The molecule has 8 heteroatoms. The van der Waals surface area contributed by atoms with Crippen LogP contribution in [-0.2, 0) is 4.79 Å². The molecule has 0 atom stereocenters. The number of benzene rings is 2. The molecule has 30 heavy (non-hydrogen) atoms. The molecule has 0 saturated carbocycles. The number of unbranched alkanes of at least 4 members (excludes halogenated alkanes) is 1. The first-order valence-corrected chi connectivity index (χ1v) is 10.6. The summed E-state index contributed by atoms with van der Waals surface area (Å²) in [6, 6.07) is 15.2. The first-order valence-electron chi connectivity index (χ1n) is 9.80. The highest BCUT2D eigenvalue weighted by atomic mass is 32.1. The lowest BCUT2D eigenvalue weighted by Gasteiger charge is -2.22. The van der Waals surface area contributed by atoms with Gasteiger partial charge in [0, 0.05) is 30.6 Å². The number of aromatic nitrogens is 2. The monoisotopic (exact) mass is 426 g/mol. The zero-order valence-corrected chi connectivity index (χ0v) is 17.5. The molecule has 0 aliphatic heterocycles. The molecule has 156 valence electrons. The molecule has 1 aromatic heterocycles. The van der Waals surface area contributed by atoms with Crippen LogP contribution in [0.15, 0.2) is 54.6 Å². The Morgan fingerprint density at radius 1 is 1.07 bits per heavy atom. The lowest BCUT2D eigenvalue weighted by atomic mass is 10.1. The fourth-order valence-corrected chi connectivity index (χ4v) is 3.62. The highest BCUT2D eigenvalue weighted by Crippen LogP contribution is 2.25. The van der Waals surface area contributed by atoms with Crippen molar-refractivity contribution in [1.82, 2.24) is 15.1 Å². The number of amides is 2. The summed E-state index contributed by atoms with van der Waals surface area (Å²) < 4.78 is 13.5. The number of anilines is 1. The van der Waals surface area contributed by atoms with Crippen molar-refractivity contribution in [2.24, 2.45) is 0 Å². The topological polar surface area (TPSA) is 75.2 Å². The van der Waals surface area contributed by atoms with E-state index in [0.29, 0.717) is 11.7 Å². The van der Waals surface area contributed by atoms with Gasteiger partial charge in [-0.25, -0.2) is 4.39 Å². The number of hydrogen-bond acceptors (Lipinski definition) is 5. The van der Waals surface area contributed by atoms with Gasteiger partial charge in [0.05, 0.1) is 0 Å². The van der Waals surface area contributed by atoms with E-state index >= 15 is 0 Å². The molecule has 2 aromatic carbocycles. The molecular weight excluding hydrogens is 403 g/mol. The summed E-state index contributed by atoms with van der Waals surface area (Å²) in [5.41, 5.74) is 1.21. The fraction of sp³-hybridized carbons (Fsp3) is 0.273. The van der Waals surface area contributed by atoms with E-state index in [1.54, 1.807) is 11.0 Å². The van der Waals surface area contributed by atoms with Crippen LogP contribution in [0.5, 0.6) is 0 Å². The van der Waals surface area contributed by atoms with Crippen molar-refractivity contribution in [3.8, 4) is 10.6 Å². The predicted octanol–water partition coefficient (Wildman–Crippen LogP) is 4.62. The molecule has 1 N–H and O–H groups in total. The Morgan fingerprint density at radius 3 is 2.60 bits per heavy atom. The van der Waals surface area contributed by atoms with Gasteiger partial charge in [0.25, 0.3) is 5.91 Å². The molecule has 0 spiro atoms. The second kappa shape index (κ2) is 10.6. The number of hydrogen-bond donors (Lipinski definition) is 1. The molecule has 3 rings (SSSR count). The van der Waals surface area contributed by atoms with E-state index in [1.165, 1.54) is 29.5 Å². The quantitative estimate of drug-likeness (QED) is 0.542. The van der Waals surface area contributed by atoms with Crippen LogP contribution in [0.25, 0.3) is 10.6 Å². The van der Waals surface area contributed by atoms with Crippen LogP contribution in [0.1, 0.15) is 36.5 Å². The van der Waals surface area contributed by atoms with Crippen molar-refractivity contribution in [2.45, 2.75) is 26.2 Å². The van der Waals surface area contributed by atoms with Crippen molar-refractivity contribution in [2.75, 3.05) is 18.4 Å². The van der Waals surface area contributed by atoms with Crippen LogP contribution in [0, 0.1) is 5.82 Å². The Bertz CT molecular complexity index is 994. The molecule has 1 heterocycles. The Labute approximate surface area is 178 Å². The van der Waals surface area contributed by atoms with Gasteiger partial charge in [-0.2, -0.15) is 0 Å². The van der Waals surface area contributed by atoms with Crippen LogP contribution < -0.4 is 5.32 Å². The van der Waals surface area contributed by atoms with Crippen molar-refractivity contribution in [1.29, 1.82) is 0 Å². The highest BCUT2D eigenvalue weighted by Gasteiger charge is 2.18. The van der Waals surface area contributed by atoms with Crippen LogP contribution in [0.2, 0.25) is 0 Å². The van der Waals surface area contributed by atoms with Gasteiger partial charge in [0.15, 0.2) is 0 Å². The van der Waals surface area contributed by atoms with E-state index in [0.717, 1.165) is 23.4 Å². The largest absolute Gasteiger partial charge is 0.338 e. The average molecular weight is 427 g/mol. The van der Waals surface area contributed by atoms with Gasteiger partial charge in [-0.05, 0) is 24.6 Å². The minimum atomic E-state index is -0.459. The summed E-state index contributed by atoms with van der Waals surface area (Å²) in [7, 11) is 0. The molecule has 0 saturated heterocycles. The van der Waals surface area contributed by atoms with Gasteiger partial charge in [0.1, 0.15) is 10.8 Å². The third-order valence-corrected chi connectivity index (χ3v) is 5.33. The van der Waals surface area contributed by atoms with Crippen LogP contribution in [0.3, 0.4) is 0 Å². The number of halogens is 1. The second-order valence-corrected chi connectivity index (χ2v) is 7.71. The van der Waals surface area contributed by atoms with Gasteiger partial charge in [-0.1, -0.05) is 61.1 Å². The van der Waals surface area contributed by atoms with E-state index in [-0.39, 0.29) is 30.3 Å². The van der Waals surface area contributed by atoms with Crippen molar-refractivity contribution in [3.63, 3.8) is 0 Å². The van der Waals surface area contributed by atoms with Crippen molar-refractivity contribution >= 4 is 28.3 Å². The Morgan fingerprint density at radius 2 is 1.87 bits per heavy atom. The molecule has 0 unspecified atom stereocenters. The summed E-state index contributed by atoms with van der Waals surface area (Å²) in [4.78, 5) is 26.7. The number of nitrogens with one attached hydrogen (secondary N) is 1. The molecule has 0 fully saturated rings. The van der Waals surface area contributed by atoms with Gasteiger partial charge < -0.3 is 10.2 Å². The summed E-state index contributed by atoms with van der Waals surface area (Å²) in [6.07, 6.45) is 1.83. The molecule has 2 amide bonds. The normalized spacial score (nSPS) is 10.6. The van der Waals surface area contributed by atoms with Gasteiger partial charge in [-0.15, -0.1) is 10.2 Å². The zero-order chi connectivity index (χ0) is 21.3. The van der Waals surface area contributed by atoms with E-state index in [1.807, 2.05) is 37.3 Å². The molecular formula is C22H23FN4O2S. The third kappa shape index (κ3) is 5.93. The van der Waals surface area contributed by atoms with Crippen LogP contribution in [0.4, 0.5) is 9.52 Å². The third-order valence-electron chi connectivity index (χ3n) is 4.44. The Kier molecular flexibility index (Phi) is 7.62. The number of carbonyl (C=O) groups excluding carboxylic acids is 2. The Balaban J connectivity index is 1.59. The maximum Gasteiger partial charge on any atom is 0.253 e. The maximum absolute atomic E-state index is 13.5. The highest BCUT2D eigenvalue weighted by molar-refractivity contribution is 7.18. The van der Waals surface area contributed by atoms with Gasteiger partial charge >= 0.3 is 0 Å². The summed E-state index contributed by atoms with van der Waals surface area (Å²) in [6.45, 7) is 2.78. The van der Waals surface area contributed by atoms with Crippen molar-refractivity contribution in [3.05, 3.63) is 66.0 Å². The first kappa shape index (κ1) is 21.6. The fourth-order valence-electron chi connectivity index (χ4n) is 2.86. The minimum absolute atomic E-state index is 0.116. The van der Waals surface area contributed by atoms with Crippen LogP contribution >= 0.6 is 11.3 Å². The molecule has 6 nitrogen and oxygen atoms in total. The van der Waals surface area contributed by atoms with Gasteiger partial charge in [0.2, 0.25) is 11.0 Å². The first-order chi connectivity index (χ1) is 14.6. The molecule has 0 aliphatic rings. The SMILES string of the molecule is CCCCN(CCC(=O)Nc1nnc(-c2ccccc2)s1)C(=O)c1cccc(F)c1. The molecule has 0 aliphatic carbocycles. The van der Waals surface area contributed by atoms with Crippen molar-refractivity contribution < 1.29 is 14.0 Å². The summed E-state index contributed by atoms with van der Waals surface area (Å²) in [5, 5.41) is 12.0. The predicted molar refractivity (Wildman–Crippen MR) is 116 cm³/mol.